The van der Waals surface area contributed by atoms with Crippen molar-refractivity contribution in [1.82, 2.24) is 10.6 Å². The molecule has 0 aliphatic carbocycles. The van der Waals surface area contributed by atoms with Crippen molar-refractivity contribution < 1.29 is 24.0 Å². The van der Waals surface area contributed by atoms with Crippen LogP contribution < -0.4 is 15.4 Å². The first-order valence-corrected chi connectivity index (χ1v) is 10.2. The summed E-state index contributed by atoms with van der Waals surface area (Å²) in [6, 6.07) is 16.0. The van der Waals surface area contributed by atoms with Crippen molar-refractivity contribution in [2.24, 2.45) is 0 Å². The number of rotatable bonds is 6. The number of nitrogens with zero attached hydrogens (tertiary/aromatic N) is 1. The quantitative estimate of drug-likeness (QED) is 0.371. The molecule has 1 atom stereocenters. The van der Waals surface area contributed by atoms with E-state index < -0.39 is 34.3 Å². The standard InChI is InChI=1S/C24H20FN3O5/c1-2-33-19-13-15(12-18(23(19)29)28(31)32)22-20(16-10-6-7-11-17(16)25)21(26-24(30)27-22)14-8-4-3-5-9-14/h3-13,22,29H,2H2,1H3,(H2,26,27,30). The number of phenolic OH excluding ortho intramolecular Hbond substituents is 1. The van der Waals surface area contributed by atoms with Crippen LogP contribution in [0.1, 0.15) is 29.7 Å². The molecule has 3 aromatic carbocycles. The molecule has 0 radical (unpaired) electrons. The molecule has 0 aromatic heterocycles. The molecular weight excluding hydrogens is 429 g/mol. The predicted molar refractivity (Wildman–Crippen MR) is 120 cm³/mol. The lowest BCUT2D eigenvalue weighted by Crippen LogP contribution is -2.43. The van der Waals surface area contributed by atoms with Crippen LogP contribution in [0.25, 0.3) is 11.3 Å². The van der Waals surface area contributed by atoms with Crippen LogP contribution in [-0.2, 0) is 0 Å². The van der Waals surface area contributed by atoms with Crippen molar-refractivity contribution in [1.29, 1.82) is 0 Å². The number of hydrogen-bond acceptors (Lipinski definition) is 5. The molecule has 1 unspecified atom stereocenters. The van der Waals surface area contributed by atoms with Crippen LogP contribution >= 0.6 is 0 Å². The Balaban J connectivity index is 2.01. The Hall–Kier alpha value is -4.40. The van der Waals surface area contributed by atoms with Crippen LogP contribution in [0, 0.1) is 15.9 Å². The molecule has 0 saturated heterocycles. The zero-order valence-corrected chi connectivity index (χ0v) is 17.5. The van der Waals surface area contributed by atoms with E-state index in [1.165, 1.54) is 12.1 Å². The fraction of sp³-hybridized carbons (Fsp3) is 0.125. The number of nitrogens with one attached hydrogen (secondary N) is 2. The summed E-state index contributed by atoms with van der Waals surface area (Å²) in [6.45, 7) is 1.82. The van der Waals surface area contributed by atoms with E-state index in [2.05, 4.69) is 10.6 Å². The average Bonchev–Trinajstić information content (AvgIpc) is 2.81. The molecule has 2 amide bonds. The first kappa shape index (κ1) is 21.8. The molecule has 1 heterocycles. The summed E-state index contributed by atoms with van der Waals surface area (Å²) in [5, 5.41) is 27.3. The van der Waals surface area contributed by atoms with Gasteiger partial charge in [-0.25, -0.2) is 9.18 Å². The second-order valence-electron chi connectivity index (χ2n) is 7.24. The molecular formula is C24H20FN3O5. The van der Waals surface area contributed by atoms with E-state index >= 15 is 0 Å². The molecule has 0 fully saturated rings. The monoisotopic (exact) mass is 449 g/mol. The number of carbonyl (C=O) groups excluding carboxylic acids is 1. The van der Waals surface area contributed by atoms with Crippen molar-refractivity contribution in [2.45, 2.75) is 13.0 Å². The summed E-state index contributed by atoms with van der Waals surface area (Å²) in [4.78, 5) is 23.5. The first-order valence-electron chi connectivity index (χ1n) is 10.2. The molecule has 0 bridgehead atoms. The maximum absolute atomic E-state index is 15.0. The van der Waals surface area contributed by atoms with Gasteiger partial charge in [-0.3, -0.25) is 10.1 Å². The third-order valence-corrected chi connectivity index (χ3v) is 5.21. The minimum Gasteiger partial charge on any atom is -0.500 e. The Kier molecular flexibility index (Phi) is 5.95. The van der Waals surface area contributed by atoms with Crippen molar-refractivity contribution >= 4 is 23.0 Å². The van der Waals surface area contributed by atoms with Crippen molar-refractivity contribution in [3.05, 3.63) is 99.4 Å². The smallest absolute Gasteiger partial charge is 0.320 e. The van der Waals surface area contributed by atoms with Crippen molar-refractivity contribution in [3.8, 4) is 11.5 Å². The lowest BCUT2D eigenvalue weighted by Gasteiger charge is -2.31. The normalized spacial score (nSPS) is 15.6. The lowest BCUT2D eigenvalue weighted by atomic mass is 9.87. The third kappa shape index (κ3) is 4.20. The molecule has 9 heteroatoms. The van der Waals surface area contributed by atoms with E-state index in [0.717, 1.165) is 6.07 Å². The van der Waals surface area contributed by atoms with E-state index in [9.17, 15) is 24.4 Å². The second kappa shape index (κ2) is 8.99. The summed E-state index contributed by atoms with van der Waals surface area (Å²) in [6.07, 6.45) is 0. The number of nitro groups is 1. The van der Waals surface area contributed by atoms with Gasteiger partial charge >= 0.3 is 11.7 Å². The highest BCUT2D eigenvalue weighted by atomic mass is 19.1. The highest BCUT2D eigenvalue weighted by Gasteiger charge is 2.33. The summed E-state index contributed by atoms with van der Waals surface area (Å²) >= 11 is 0. The highest BCUT2D eigenvalue weighted by Crippen LogP contribution is 2.44. The van der Waals surface area contributed by atoms with Crippen LogP contribution in [0.3, 0.4) is 0 Å². The molecule has 168 valence electrons. The van der Waals surface area contributed by atoms with Gasteiger partial charge in [-0.05, 0) is 30.2 Å². The minimum atomic E-state index is -0.968. The molecule has 3 N–H and O–H groups in total. The number of ether oxygens (including phenoxy) is 1. The molecule has 3 aromatic rings. The van der Waals surface area contributed by atoms with Gasteiger partial charge in [0.2, 0.25) is 5.75 Å². The maximum atomic E-state index is 15.0. The number of benzene rings is 3. The van der Waals surface area contributed by atoms with Crippen molar-refractivity contribution in [2.75, 3.05) is 6.61 Å². The predicted octanol–water partition coefficient (Wildman–Crippen LogP) is 4.76. The van der Waals surface area contributed by atoms with Gasteiger partial charge in [-0.1, -0.05) is 48.5 Å². The first-order chi connectivity index (χ1) is 15.9. The van der Waals surface area contributed by atoms with Gasteiger partial charge in [0.1, 0.15) is 5.82 Å². The summed E-state index contributed by atoms with van der Waals surface area (Å²) in [5.74, 6) is -1.25. The number of phenols is 1. The Morgan fingerprint density at radius 2 is 1.82 bits per heavy atom. The Morgan fingerprint density at radius 3 is 2.48 bits per heavy atom. The maximum Gasteiger partial charge on any atom is 0.320 e. The SMILES string of the molecule is CCOc1cc(C2NC(=O)NC(c3ccccc3)=C2c2ccccc2F)cc([N+](=O)[O-])c1O. The fourth-order valence-corrected chi connectivity index (χ4v) is 3.80. The van der Waals surface area contributed by atoms with Crippen LogP contribution in [0.2, 0.25) is 0 Å². The molecule has 1 aliphatic rings. The van der Waals surface area contributed by atoms with Gasteiger partial charge in [-0.15, -0.1) is 0 Å². The molecule has 4 rings (SSSR count). The van der Waals surface area contributed by atoms with E-state index in [1.54, 1.807) is 49.4 Å². The van der Waals surface area contributed by atoms with E-state index in [4.69, 9.17) is 4.74 Å². The number of hydrogen-bond donors (Lipinski definition) is 3. The Bertz CT molecular complexity index is 1260. The average molecular weight is 449 g/mol. The Morgan fingerprint density at radius 1 is 1.12 bits per heavy atom. The largest absolute Gasteiger partial charge is 0.500 e. The summed E-state index contributed by atoms with van der Waals surface area (Å²) in [7, 11) is 0. The van der Waals surface area contributed by atoms with Crippen LogP contribution in [0.5, 0.6) is 11.5 Å². The molecule has 0 spiro atoms. The fourth-order valence-electron chi connectivity index (χ4n) is 3.80. The van der Waals surface area contributed by atoms with Crippen LogP contribution in [0.4, 0.5) is 14.9 Å². The zero-order chi connectivity index (χ0) is 23.5. The van der Waals surface area contributed by atoms with E-state index in [1.807, 2.05) is 6.07 Å². The number of halogens is 1. The van der Waals surface area contributed by atoms with Crippen molar-refractivity contribution in [3.63, 3.8) is 0 Å². The number of amides is 2. The van der Waals surface area contributed by atoms with Crippen LogP contribution in [0.15, 0.2) is 66.7 Å². The number of nitro benzene ring substituents is 1. The minimum absolute atomic E-state index is 0.108. The van der Waals surface area contributed by atoms with Gasteiger partial charge < -0.3 is 20.5 Å². The third-order valence-electron chi connectivity index (χ3n) is 5.21. The molecule has 33 heavy (non-hydrogen) atoms. The van der Waals surface area contributed by atoms with E-state index in [0.29, 0.717) is 16.8 Å². The van der Waals surface area contributed by atoms with Gasteiger partial charge in [0, 0.05) is 17.2 Å². The van der Waals surface area contributed by atoms with E-state index in [-0.39, 0.29) is 23.5 Å². The Labute approximate surface area is 188 Å². The van der Waals surface area contributed by atoms with Gasteiger partial charge in [0.05, 0.1) is 23.3 Å². The van der Waals surface area contributed by atoms with Crippen LogP contribution in [-0.4, -0.2) is 22.7 Å². The van der Waals surface area contributed by atoms with Gasteiger partial charge in [-0.2, -0.15) is 0 Å². The number of carbonyl (C=O) groups is 1. The number of aromatic hydroxyl groups is 1. The lowest BCUT2D eigenvalue weighted by molar-refractivity contribution is -0.386. The highest BCUT2D eigenvalue weighted by molar-refractivity contribution is 6.03. The molecule has 8 nitrogen and oxygen atoms in total. The van der Waals surface area contributed by atoms with Gasteiger partial charge in [0.25, 0.3) is 0 Å². The second-order valence-corrected chi connectivity index (χ2v) is 7.24. The molecule has 1 aliphatic heterocycles. The number of urea groups is 1. The van der Waals surface area contributed by atoms with Gasteiger partial charge in [0.15, 0.2) is 5.75 Å². The zero-order valence-electron chi connectivity index (χ0n) is 17.5. The summed E-state index contributed by atoms with van der Waals surface area (Å²) < 4.78 is 20.4. The topological polar surface area (TPSA) is 114 Å². The molecule has 0 saturated carbocycles. The summed E-state index contributed by atoms with van der Waals surface area (Å²) in [5.41, 5.74) is 1.25.